The molecular formula is C14H18Cl2N2O5S2. The van der Waals surface area contributed by atoms with Gasteiger partial charge in [0.1, 0.15) is 4.90 Å². The molecule has 0 aromatic heterocycles. The maximum absolute atomic E-state index is 12.3. The monoisotopic (exact) mass is 428 g/mol. The third-order valence-electron chi connectivity index (χ3n) is 3.59. The van der Waals surface area contributed by atoms with Crippen LogP contribution in [0.4, 0.5) is 0 Å². The Morgan fingerprint density at radius 1 is 1.16 bits per heavy atom. The first kappa shape index (κ1) is 20.4. The number of sulfonamides is 1. The van der Waals surface area contributed by atoms with E-state index in [1.165, 1.54) is 13.0 Å². The number of carbonyl (C=O) groups excluding carboxylic acids is 1. The zero-order valence-electron chi connectivity index (χ0n) is 13.4. The molecule has 0 unspecified atom stereocenters. The van der Waals surface area contributed by atoms with Crippen LogP contribution in [0.15, 0.2) is 17.0 Å². The maximum Gasteiger partial charge on any atom is 0.252 e. The van der Waals surface area contributed by atoms with Crippen molar-refractivity contribution in [2.24, 2.45) is 0 Å². The third kappa shape index (κ3) is 5.55. The van der Waals surface area contributed by atoms with E-state index in [4.69, 9.17) is 23.2 Å². The molecule has 2 rings (SSSR count). The Bertz CT molecular complexity index is 881. The molecule has 1 saturated carbocycles. The number of sulfone groups is 1. The molecular weight excluding hydrogens is 411 g/mol. The van der Waals surface area contributed by atoms with Crippen LogP contribution in [-0.2, 0) is 19.9 Å². The number of carbonyl (C=O) groups is 1. The van der Waals surface area contributed by atoms with Gasteiger partial charge >= 0.3 is 0 Å². The zero-order chi connectivity index (χ0) is 18.8. The van der Waals surface area contributed by atoms with Crippen molar-refractivity contribution >= 4 is 49.0 Å². The van der Waals surface area contributed by atoms with E-state index in [0.29, 0.717) is 0 Å². The van der Waals surface area contributed by atoms with Gasteiger partial charge in [-0.25, -0.2) is 21.6 Å². The summed E-state index contributed by atoms with van der Waals surface area (Å²) in [6.07, 6.45) is 1.51. The summed E-state index contributed by atoms with van der Waals surface area (Å²) in [6, 6.07) is 2.16. The van der Waals surface area contributed by atoms with Crippen molar-refractivity contribution in [2.45, 2.75) is 30.7 Å². The highest BCUT2D eigenvalue weighted by Crippen LogP contribution is 2.30. The molecule has 1 amide bonds. The first-order valence-corrected chi connectivity index (χ1v) is 11.6. The minimum atomic E-state index is -3.86. The Balaban J connectivity index is 2.20. The number of rotatable bonds is 8. The fourth-order valence-corrected chi connectivity index (χ4v) is 4.82. The molecule has 1 aliphatic carbocycles. The number of hydrogen-bond acceptors (Lipinski definition) is 5. The van der Waals surface area contributed by atoms with Crippen molar-refractivity contribution in [1.82, 2.24) is 10.0 Å². The molecule has 11 heteroatoms. The summed E-state index contributed by atoms with van der Waals surface area (Å²) in [5, 5.41) is 2.30. The normalized spacial score (nSPS) is 15.2. The van der Waals surface area contributed by atoms with Crippen LogP contribution in [-0.4, -0.2) is 46.8 Å². The average molecular weight is 429 g/mol. The Hall–Kier alpha value is -0.870. The van der Waals surface area contributed by atoms with Crippen LogP contribution in [0.3, 0.4) is 0 Å². The Morgan fingerprint density at radius 3 is 2.36 bits per heavy atom. The summed E-state index contributed by atoms with van der Waals surface area (Å²) < 4.78 is 50.0. The Morgan fingerprint density at radius 2 is 1.80 bits per heavy atom. The van der Waals surface area contributed by atoms with Gasteiger partial charge in [0.05, 0.1) is 21.4 Å². The van der Waals surface area contributed by atoms with E-state index in [9.17, 15) is 21.6 Å². The number of amides is 1. The number of halogens is 2. The molecule has 0 atom stereocenters. The van der Waals surface area contributed by atoms with Gasteiger partial charge in [-0.1, -0.05) is 30.1 Å². The summed E-state index contributed by atoms with van der Waals surface area (Å²) in [5.41, 5.74) is -0.0869. The number of hydrogen-bond donors (Lipinski definition) is 2. The summed E-state index contributed by atoms with van der Waals surface area (Å²) in [5.74, 6) is -0.912. The molecule has 1 aromatic rings. The van der Waals surface area contributed by atoms with Crippen LogP contribution in [0, 0.1) is 0 Å². The highest BCUT2D eigenvalue weighted by molar-refractivity contribution is 7.91. The second kappa shape index (κ2) is 7.79. The van der Waals surface area contributed by atoms with E-state index >= 15 is 0 Å². The molecule has 0 spiro atoms. The van der Waals surface area contributed by atoms with Gasteiger partial charge < -0.3 is 5.32 Å². The molecule has 1 aromatic carbocycles. The van der Waals surface area contributed by atoms with Crippen molar-refractivity contribution in [3.05, 3.63) is 27.7 Å². The fourth-order valence-electron chi connectivity index (χ4n) is 1.95. The molecule has 1 aliphatic rings. The van der Waals surface area contributed by atoms with Crippen LogP contribution in [0.25, 0.3) is 0 Å². The smallest absolute Gasteiger partial charge is 0.252 e. The minimum Gasteiger partial charge on any atom is -0.351 e. The number of nitrogens with one attached hydrogen (secondary N) is 2. The summed E-state index contributed by atoms with van der Waals surface area (Å²) in [4.78, 5) is 12.0. The lowest BCUT2D eigenvalue weighted by Crippen LogP contribution is -2.30. The van der Waals surface area contributed by atoms with Crippen molar-refractivity contribution in [3.8, 4) is 0 Å². The molecule has 7 nitrogen and oxygen atoms in total. The van der Waals surface area contributed by atoms with E-state index in [1.54, 1.807) is 0 Å². The van der Waals surface area contributed by atoms with E-state index < -0.39 is 25.8 Å². The second-order valence-corrected chi connectivity index (χ2v) is 10.6. The quantitative estimate of drug-likeness (QED) is 0.653. The standard InChI is InChI=1S/C14H18Cl2N2O5S2/c1-2-24(20,21)6-5-17-14(19)10-7-13(12(16)8-11(10)15)25(22,23)18-9-3-4-9/h7-9,18H,2-6H2,1H3,(H,17,19). The summed E-state index contributed by atoms with van der Waals surface area (Å²) in [6.45, 7) is 1.41. The predicted octanol–water partition coefficient (Wildman–Crippen LogP) is 1.60. The van der Waals surface area contributed by atoms with Crippen LogP contribution < -0.4 is 10.0 Å². The average Bonchev–Trinajstić information content (AvgIpc) is 3.29. The molecule has 2 N–H and O–H groups in total. The van der Waals surface area contributed by atoms with Crippen LogP contribution >= 0.6 is 23.2 Å². The van der Waals surface area contributed by atoms with Gasteiger partial charge in [-0.05, 0) is 25.0 Å². The lowest BCUT2D eigenvalue weighted by Gasteiger charge is -2.12. The van der Waals surface area contributed by atoms with Gasteiger partial charge in [0.25, 0.3) is 5.91 Å². The molecule has 0 saturated heterocycles. The first-order chi connectivity index (χ1) is 11.6. The van der Waals surface area contributed by atoms with Crippen LogP contribution in [0.1, 0.15) is 30.1 Å². The van der Waals surface area contributed by atoms with Gasteiger partial charge in [0.15, 0.2) is 9.84 Å². The number of benzene rings is 1. The van der Waals surface area contributed by atoms with E-state index in [0.717, 1.165) is 18.9 Å². The lowest BCUT2D eigenvalue weighted by atomic mass is 10.2. The highest BCUT2D eigenvalue weighted by atomic mass is 35.5. The van der Waals surface area contributed by atoms with Crippen molar-refractivity contribution < 1.29 is 21.6 Å². The second-order valence-electron chi connectivity index (χ2n) is 5.65. The van der Waals surface area contributed by atoms with Crippen LogP contribution in [0.2, 0.25) is 10.0 Å². The predicted molar refractivity (Wildman–Crippen MR) is 96.5 cm³/mol. The molecule has 0 bridgehead atoms. The Kier molecular flexibility index (Phi) is 6.37. The van der Waals surface area contributed by atoms with E-state index in [1.807, 2.05) is 0 Å². The van der Waals surface area contributed by atoms with Gasteiger partial charge in [-0.15, -0.1) is 0 Å². The molecule has 140 valence electrons. The van der Waals surface area contributed by atoms with E-state index in [2.05, 4.69) is 10.0 Å². The first-order valence-electron chi connectivity index (χ1n) is 7.55. The zero-order valence-corrected chi connectivity index (χ0v) is 16.5. The summed E-state index contributed by atoms with van der Waals surface area (Å²) in [7, 11) is -7.09. The van der Waals surface area contributed by atoms with E-state index in [-0.39, 0.29) is 44.6 Å². The molecule has 0 radical (unpaired) electrons. The minimum absolute atomic E-state index is 0.0220. The molecule has 25 heavy (non-hydrogen) atoms. The lowest BCUT2D eigenvalue weighted by molar-refractivity contribution is 0.0956. The fraction of sp³-hybridized carbons (Fsp3) is 0.500. The Labute approximate surface area is 157 Å². The van der Waals surface area contributed by atoms with Gasteiger partial charge in [0.2, 0.25) is 10.0 Å². The van der Waals surface area contributed by atoms with Crippen molar-refractivity contribution in [2.75, 3.05) is 18.1 Å². The van der Waals surface area contributed by atoms with Crippen LogP contribution in [0.5, 0.6) is 0 Å². The topological polar surface area (TPSA) is 109 Å². The largest absolute Gasteiger partial charge is 0.351 e. The van der Waals surface area contributed by atoms with Crippen molar-refractivity contribution in [1.29, 1.82) is 0 Å². The third-order valence-corrected chi connectivity index (χ3v) is 7.60. The van der Waals surface area contributed by atoms with Gasteiger partial charge in [-0.2, -0.15) is 0 Å². The maximum atomic E-state index is 12.3. The van der Waals surface area contributed by atoms with Gasteiger partial charge in [-0.3, -0.25) is 4.79 Å². The molecule has 0 aliphatic heterocycles. The molecule has 0 heterocycles. The summed E-state index contributed by atoms with van der Waals surface area (Å²) >= 11 is 11.9. The van der Waals surface area contributed by atoms with Gasteiger partial charge in [0, 0.05) is 18.3 Å². The SMILES string of the molecule is CCS(=O)(=O)CCNC(=O)c1cc(S(=O)(=O)NC2CC2)c(Cl)cc1Cl. The molecule has 1 fully saturated rings. The van der Waals surface area contributed by atoms with Crippen molar-refractivity contribution in [3.63, 3.8) is 0 Å². The highest BCUT2D eigenvalue weighted by Gasteiger charge is 2.30.